The summed E-state index contributed by atoms with van der Waals surface area (Å²) in [6.45, 7) is 4.31. The number of hydrogen-bond donors (Lipinski definition) is 1. The van der Waals surface area contributed by atoms with Crippen LogP contribution in [0, 0.1) is 19.8 Å². The predicted molar refractivity (Wildman–Crippen MR) is 76.8 cm³/mol. The lowest BCUT2D eigenvalue weighted by atomic mass is 9.87. The van der Waals surface area contributed by atoms with Crippen molar-refractivity contribution in [2.75, 3.05) is 0 Å². The SMILES string of the molecule is Cc1cccc(C)c1CC(O)C1CCCCCC1. The van der Waals surface area contributed by atoms with Gasteiger partial charge in [-0.05, 0) is 55.7 Å². The lowest BCUT2D eigenvalue weighted by Crippen LogP contribution is -2.23. The maximum Gasteiger partial charge on any atom is 0.0608 e. The Morgan fingerprint density at radius 2 is 1.61 bits per heavy atom. The van der Waals surface area contributed by atoms with Crippen LogP contribution in [0.15, 0.2) is 18.2 Å². The van der Waals surface area contributed by atoms with Crippen LogP contribution in [0.1, 0.15) is 55.2 Å². The summed E-state index contributed by atoms with van der Waals surface area (Å²) in [6, 6.07) is 6.41. The maximum atomic E-state index is 10.5. The van der Waals surface area contributed by atoms with Crippen LogP contribution < -0.4 is 0 Å². The summed E-state index contributed by atoms with van der Waals surface area (Å²) in [7, 11) is 0. The normalized spacial score (nSPS) is 19.5. The minimum atomic E-state index is -0.150. The van der Waals surface area contributed by atoms with E-state index in [4.69, 9.17) is 0 Å². The molecule has 2 rings (SSSR count). The van der Waals surface area contributed by atoms with E-state index in [2.05, 4.69) is 32.0 Å². The molecule has 0 saturated heterocycles. The van der Waals surface area contributed by atoms with Gasteiger partial charge in [0, 0.05) is 0 Å². The topological polar surface area (TPSA) is 20.2 Å². The lowest BCUT2D eigenvalue weighted by molar-refractivity contribution is 0.0983. The van der Waals surface area contributed by atoms with Gasteiger partial charge in [0.15, 0.2) is 0 Å². The van der Waals surface area contributed by atoms with Crippen molar-refractivity contribution in [1.29, 1.82) is 0 Å². The zero-order valence-electron chi connectivity index (χ0n) is 11.8. The van der Waals surface area contributed by atoms with Crippen molar-refractivity contribution in [3.05, 3.63) is 34.9 Å². The lowest BCUT2D eigenvalue weighted by Gasteiger charge is -2.23. The molecule has 1 aliphatic rings. The molecule has 1 nitrogen and oxygen atoms in total. The average molecular weight is 246 g/mol. The first-order chi connectivity index (χ1) is 8.68. The number of aliphatic hydroxyl groups is 1. The van der Waals surface area contributed by atoms with E-state index < -0.39 is 0 Å². The summed E-state index contributed by atoms with van der Waals surface area (Å²) in [5.74, 6) is 0.520. The molecule has 18 heavy (non-hydrogen) atoms. The molecule has 1 aromatic rings. The van der Waals surface area contributed by atoms with Crippen LogP contribution in [0.25, 0.3) is 0 Å². The first-order valence-electron chi connectivity index (χ1n) is 7.41. The smallest absolute Gasteiger partial charge is 0.0608 e. The van der Waals surface area contributed by atoms with Crippen LogP contribution >= 0.6 is 0 Å². The highest BCUT2D eigenvalue weighted by Gasteiger charge is 2.21. The van der Waals surface area contributed by atoms with Crippen molar-refractivity contribution in [3.8, 4) is 0 Å². The van der Waals surface area contributed by atoms with Crippen LogP contribution in [-0.4, -0.2) is 11.2 Å². The van der Waals surface area contributed by atoms with Crippen molar-refractivity contribution < 1.29 is 5.11 Å². The molecule has 1 heteroatoms. The molecule has 0 radical (unpaired) electrons. The maximum absolute atomic E-state index is 10.5. The van der Waals surface area contributed by atoms with Crippen molar-refractivity contribution in [2.45, 2.75) is 64.9 Å². The van der Waals surface area contributed by atoms with Gasteiger partial charge in [-0.15, -0.1) is 0 Å². The van der Waals surface area contributed by atoms with Gasteiger partial charge in [-0.25, -0.2) is 0 Å². The second-order valence-corrected chi connectivity index (χ2v) is 5.89. The van der Waals surface area contributed by atoms with E-state index in [1.165, 1.54) is 55.2 Å². The van der Waals surface area contributed by atoms with E-state index in [0.29, 0.717) is 5.92 Å². The largest absolute Gasteiger partial charge is 0.392 e. The van der Waals surface area contributed by atoms with Gasteiger partial charge < -0.3 is 5.11 Å². The first kappa shape index (κ1) is 13.6. The Kier molecular flexibility index (Phi) is 4.82. The van der Waals surface area contributed by atoms with E-state index >= 15 is 0 Å². The van der Waals surface area contributed by atoms with Gasteiger partial charge >= 0.3 is 0 Å². The number of aryl methyl sites for hydroxylation is 2. The molecule has 1 saturated carbocycles. The highest BCUT2D eigenvalue weighted by molar-refractivity contribution is 5.34. The molecule has 1 fully saturated rings. The van der Waals surface area contributed by atoms with Gasteiger partial charge in [-0.1, -0.05) is 43.9 Å². The molecule has 0 spiro atoms. The fourth-order valence-corrected chi connectivity index (χ4v) is 3.24. The molecule has 1 aromatic carbocycles. The second kappa shape index (κ2) is 6.38. The molecule has 1 unspecified atom stereocenters. The summed E-state index contributed by atoms with van der Waals surface area (Å²) >= 11 is 0. The highest BCUT2D eigenvalue weighted by atomic mass is 16.3. The molecule has 0 bridgehead atoms. The third-order valence-electron chi connectivity index (χ3n) is 4.50. The molecular weight excluding hydrogens is 220 g/mol. The highest BCUT2D eigenvalue weighted by Crippen LogP contribution is 2.28. The molecule has 100 valence electrons. The Balaban J connectivity index is 2.03. The van der Waals surface area contributed by atoms with Crippen molar-refractivity contribution in [1.82, 2.24) is 0 Å². The summed E-state index contributed by atoms with van der Waals surface area (Å²) in [5, 5.41) is 10.5. The van der Waals surface area contributed by atoms with Crippen molar-refractivity contribution in [3.63, 3.8) is 0 Å². The second-order valence-electron chi connectivity index (χ2n) is 5.89. The minimum Gasteiger partial charge on any atom is -0.392 e. The van der Waals surface area contributed by atoms with E-state index in [1.54, 1.807) is 0 Å². The fraction of sp³-hybridized carbons (Fsp3) is 0.647. The number of aliphatic hydroxyl groups excluding tert-OH is 1. The van der Waals surface area contributed by atoms with Gasteiger partial charge in [0.1, 0.15) is 0 Å². The van der Waals surface area contributed by atoms with Gasteiger partial charge in [-0.2, -0.15) is 0 Å². The number of hydrogen-bond acceptors (Lipinski definition) is 1. The van der Waals surface area contributed by atoms with E-state index in [-0.39, 0.29) is 6.10 Å². The first-order valence-corrected chi connectivity index (χ1v) is 7.41. The Bertz CT molecular complexity index is 355. The molecule has 1 atom stereocenters. The molecular formula is C17H26O. The average Bonchev–Trinajstić information content (AvgIpc) is 2.62. The van der Waals surface area contributed by atoms with E-state index in [0.717, 1.165) is 6.42 Å². The number of rotatable bonds is 3. The van der Waals surface area contributed by atoms with Gasteiger partial charge in [0.2, 0.25) is 0 Å². The number of benzene rings is 1. The molecule has 0 heterocycles. The van der Waals surface area contributed by atoms with E-state index in [1.807, 2.05) is 0 Å². The van der Waals surface area contributed by atoms with E-state index in [9.17, 15) is 5.11 Å². The third-order valence-corrected chi connectivity index (χ3v) is 4.50. The predicted octanol–water partition coefficient (Wildman–Crippen LogP) is 4.18. The fourth-order valence-electron chi connectivity index (χ4n) is 3.24. The quantitative estimate of drug-likeness (QED) is 0.793. The summed E-state index contributed by atoms with van der Waals surface area (Å²) in [6.07, 6.45) is 8.42. The van der Waals surface area contributed by atoms with Gasteiger partial charge in [0.05, 0.1) is 6.10 Å². The Morgan fingerprint density at radius 3 is 2.17 bits per heavy atom. The summed E-state index contributed by atoms with van der Waals surface area (Å²) in [5.41, 5.74) is 4.00. The van der Waals surface area contributed by atoms with Crippen molar-refractivity contribution in [2.24, 2.45) is 5.92 Å². The van der Waals surface area contributed by atoms with Crippen LogP contribution in [0.2, 0.25) is 0 Å². The summed E-state index contributed by atoms with van der Waals surface area (Å²) in [4.78, 5) is 0. The van der Waals surface area contributed by atoms with Crippen LogP contribution in [0.5, 0.6) is 0 Å². The monoisotopic (exact) mass is 246 g/mol. The Hall–Kier alpha value is -0.820. The van der Waals surface area contributed by atoms with Gasteiger partial charge in [-0.3, -0.25) is 0 Å². The van der Waals surface area contributed by atoms with Crippen molar-refractivity contribution >= 4 is 0 Å². The Morgan fingerprint density at radius 1 is 1.06 bits per heavy atom. The molecule has 1 N–H and O–H groups in total. The standard InChI is InChI=1S/C17H26O/c1-13-8-7-9-14(2)16(13)12-17(18)15-10-5-3-4-6-11-15/h7-9,15,17-18H,3-6,10-12H2,1-2H3. The van der Waals surface area contributed by atoms with Gasteiger partial charge in [0.25, 0.3) is 0 Å². The van der Waals surface area contributed by atoms with Crippen LogP contribution in [0.3, 0.4) is 0 Å². The zero-order chi connectivity index (χ0) is 13.0. The zero-order valence-corrected chi connectivity index (χ0v) is 11.8. The summed E-state index contributed by atoms with van der Waals surface area (Å²) < 4.78 is 0. The Labute approximate surface area is 111 Å². The molecule has 0 amide bonds. The minimum absolute atomic E-state index is 0.150. The third kappa shape index (κ3) is 3.35. The molecule has 0 aromatic heterocycles. The van der Waals surface area contributed by atoms with Crippen LogP contribution in [-0.2, 0) is 6.42 Å². The molecule has 1 aliphatic carbocycles. The van der Waals surface area contributed by atoms with Crippen LogP contribution in [0.4, 0.5) is 0 Å². The molecule has 0 aliphatic heterocycles.